The van der Waals surface area contributed by atoms with Crippen LogP contribution in [0.15, 0.2) is 101 Å². The van der Waals surface area contributed by atoms with Gasteiger partial charge in [0, 0.05) is 10.9 Å². The minimum Gasteiger partial charge on any atom is -0.438 e. The highest BCUT2D eigenvalue weighted by Gasteiger charge is 2.33. The predicted molar refractivity (Wildman–Crippen MR) is 125 cm³/mol. The van der Waals surface area contributed by atoms with Crippen LogP contribution in [-0.2, 0) is 0 Å². The van der Waals surface area contributed by atoms with Gasteiger partial charge in [-0.3, -0.25) is 0 Å². The minimum absolute atomic E-state index is 0.00129. The SMILES string of the molecule is Cc1ccc(N=Nc2c3c(cc4ccccc24)C(c2ccc(F)cc2)C(C#N)=C(N)O3)cc1. The summed E-state index contributed by atoms with van der Waals surface area (Å²) in [7, 11) is 0. The van der Waals surface area contributed by atoms with Crippen LogP contribution in [0.3, 0.4) is 0 Å². The van der Waals surface area contributed by atoms with Crippen LogP contribution in [0.4, 0.5) is 15.8 Å². The van der Waals surface area contributed by atoms with Gasteiger partial charge in [-0.1, -0.05) is 54.1 Å². The summed E-state index contributed by atoms with van der Waals surface area (Å²) in [5, 5.41) is 20.6. The zero-order valence-corrected chi connectivity index (χ0v) is 17.8. The highest BCUT2D eigenvalue weighted by atomic mass is 19.1. The molecule has 0 bridgehead atoms. The molecule has 2 N–H and O–H groups in total. The lowest BCUT2D eigenvalue weighted by Crippen LogP contribution is -2.21. The molecule has 5 nitrogen and oxygen atoms in total. The molecule has 5 rings (SSSR count). The van der Waals surface area contributed by atoms with E-state index in [2.05, 4.69) is 16.3 Å². The van der Waals surface area contributed by atoms with E-state index in [1.165, 1.54) is 12.1 Å². The maximum atomic E-state index is 13.6. The van der Waals surface area contributed by atoms with Crippen molar-refractivity contribution in [2.75, 3.05) is 0 Å². The lowest BCUT2D eigenvalue weighted by molar-refractivity contribution is 0.395. The van der Waals surface area contributed by atoms with Crippen molar-refractivity contribution in [3.05, 3.63) is 113 Å². The van der Waals surface area contributed by atoms with Gasteiger partial charge >= 0.3 is 0 Å². The first-order valence-corrected chi connectivity index (χ1v) is 10.4. The average Bonchev–Trinajstić information content (AvgIpc) is 2.83. The third kappa shape index (κ3) is 3.70. The van der Waals surface area contributed by atoms with Crippen molar-refractivity contribution < 1.29 is 9.13 Å². The zero-order valence-electron chi connectivity index (χ0n) is 17.8. The first-order valence-electron chi connectivity index (χ1n) is 10.4. The molecule has 1 heterocycles. The number of rotatable bonds is 3. The van der Waals surface area contributed by atoms with Gasteiger partial charge in [0.05, 0.1) is 11.6 Å². The molecular weight excluding hydrogens is 415 g/mol. The Kier molecular flexibility index (Phi) is 5.08. The number of nitrogens with two attached hydrogens (primary N) is 1. The minimum atomic E-state index is -0.516. The molecule has 0 aliphatic carbocycles. The van der Waals surface area contributed by atoms with E-state index in [-0.39, 0.29) is 17.3 Å². The molecule has 1 atom stereocenters. The van der Waals surface area contributed by atoms with E-state index in [0.717, 1.165) is 27.5 Å². The van der Waals surface area contributed by atoms with E-state index in [9.17, 15) is 9.65 Å². The summed E-state index contributed by atoms with van der Waals surface area (Å²) in [6, 6.07) is 25.7. The summed E-state index contributed by atoms with van der Waals surface area (Å²) >= 11 is 0. The van der Waals surface area contributed by atoms with E-state index in [4.69, 9.17) is 10.5 Å². The van der Waals surface area contributed by atoms with Crippen molar-refractivity contribution in [3.63, 3.8) is 0 Å². The van der Waals surface area contributed by atoms with Gasteiger partial charge in [-0.05, 0) is 48.2 Å². The van der Waals surface area contributed by atoms with Crippen LogP contribution in [0.2, 0.25) is 0 Å². The molecule has 1 unspecified atom stereocenters. The number of nitriles is 1. The molecular formula is C27H19FN4O. The number of hydrogen-bond acceptors (Lipinski definition) is 5. The number of nitrogens with zero attached hydrogens (tertiary/aromatic N) is 3. The molecule has 0 amide bonds. The van der Waals surface area contributed by atoms with Crippen LogP contribution < -0.4 is 10.5 Å². The standard InChI is InChI=1S/C27H19FN4O/c1-16-6-12-20(13-7-16)31-32-25-21-5-3-2-4-18(21)14-22-24(17-8-10-19(28)11-9-17)23(15-29)27(30)33-26(22)25/h2-14,24H,30H2,1H3. The van der Waals surface area contributed by atoms with Gasteiger partial charge in [0.1, 0.15) is 23.1 Å². The monoisotopic (exact) mass is 434 g/mol. The van der Waals surface area contributed by atoms with Crippen molar-refractivity contribution in [3.8, 4) is 11.8 Å². The van der Waals surface area contributed by atoms with Crippen LogP contribution in [0.1, 0.15) is 22.6 Å². The summed E-state index contributed by atoms with van der Waals surface area (Å²) in [5.41, 5.74) is 10.3. The molecule has 0 fully saturated rings. The lowest BCUT2D eigenvalue weighted by atomic mass is 9.82. The molecule has 0 saturated carbocycles. The Bertz CT molecular complexity index is 1470. The molecule has 1 aliphatic heterocycles. The highest BCUT2D eigenvalue weighted by Crippen LogP contribution is 2.49. The van der Waals surface area contributed by atoms with Gasteiger partial charge in [-0.2, -0.15) is 10.4 Å². The molecule has 0 saturated heterocycles. The van der Waals surface area contributed by atoms with E-state index in [0.29, 0.717) is 17.1 Å². The van der Waals surface area contributed by atoms with E-state index in [1.54, 1.807) is 12.1 Å². The Balaban J connectivity index is 1.75. The van der Waals surface area contributed by atoms with Crippen LogP contribution >= 0.6 is 0 Å². The van der Waals surface area contributed by atoms with Gasteiger partial charge in [-0.15, -0.1) is 5.11 Å². The molecule has 0 aromatic heterocycles. The van der Waals surface area contributed by atoms with E-state index in [1.807, 2.05) is 61.5 Å². The second-order valence-electron chi connectivity index (χ2n) is 7.88. The number of hydrogen-bond donors (Lipinski definition) is 1. The van der Waals surface area contributed by atoms with Gasteiger partial charge in [0.25, 0.3) is 0 Å². The summed E-state index contributed by atoms with van der Waals surface area (Å²) in [5.74, 6) is -0.429. The van der Waals surface area contributed by atoms with Crippen molar-refractivity contribution in [1.29, 1.82) is 5.26 Å². The summed E-state index contributed by atoms with van der Waals surface area (Å²) in [4.78, 5) is 0. The van der Waals surface area contributed by atoms with E-state index >= 15 is 0 Å². The largest absolute Gasteiger partial charge is 0.438 e. The number of aryl methyl sites for hydroxylation is 1. The molecule has 33 heavy (non-hydrogen) atoms. The third-order valence-corrected chi connectivity index (χ3v) is 5.70. The summed E-state index contributed by atoms with van der Waals surface area (Å²) in [6.45, 7) is 2.01. The van der Waals surface area contributed by atoms with Crippen LogP contribution in [0, 0.1) is 24.1 Å². The number of halogens is 1. The molecule has 4 aromatic rings. The maximum absolute atomic E-state index is 13.6. The second-order valence-corrected chi connectivity index (χ2v) is 7.88. The van der Waals surface area contributed by atoms with Gasteiger partial charge in [0.2, 0.25) is 5.88 Å². The quantitative estimate of drug-likeness (QED) is 0.355. The Morgan fingerprint density at radius 2 is 1.70 bits per heavy atom. The fourth-order valence-electron chi connectivity index (χ4n) is 4.05. The van der Waals surface area contributed by atoms with Crippen molar-refractivity contribution in [2.45, 2.75) is 12.8 Å². The molecule has 4 aromatic carbocycles. The second kappa shape index (κ2) is 8.21. The molecule has 0 radical (unpaired) electrons. The van der Waals surface area contributed by atoms with Crippen molar-refractivity contribution in [2.24, 2.45) is 16.0 Å². The summed E-state index contributed by atoms with van der Waals surface area (Å²) in [6.07, 6.45) is 0. The van der Waals surface area contributed by atoms with Crippen molar-refractivity contribution >= 4 is 22.1 Å². The average molecular weight is 434 g/mol. The fourth-order valence-corrected chi connectivity index (χ4v) is 4.05. The number of benzene rings is 4. The van der Waals surface area contributed by atoms with Crippen LogP contribution in [0.5, 0.6) is 5.75 Å². The summed E-state index contributed by atoms with van der Waals surface area (Å²) < 4.78 is 19.6. The first kappa shape index (κ1) is 20.4. The molecule has 1 aliphatic rings. The third-order valence-electron chi connectivity index (χ3n) is 5.70. The zero-order chi connectivity index (χ0) is 22.9. The number of azo groups is 1. The Labute approximate surface area is 190 Å². The van der Waals surface area contributed by atoms with Crippen LogP contribution in [-0.4, -0.2) is 0 Å². The van der Waals surface area contributed by atoms with Gasteiger partial charge in [-0.25, -0.2) is 4.39 Å². The smallest absolute Gasteiger partial charge is 0.205 e. The lowest BCUT2D eigenvalue weighted by Gasteiger charge is -2.28. The normalized spacial score (nSPS) is 15.4. The topological polar surface area (TPSA) is 83.8 Å². The number of ether oxygens (including phenoxy) is 1. The molecule has 0 spiro atoms. The number of fused-ring (bicyclic) bond motifs is 2. The number of allylic oxidation sites excluding steroid dienone is 1. The Morgan fingerprint density at radius 1 is 0.970 bits per heavy atom. The van der Waals surface area contributed by atoms with Crippen LogP contribution in [0.25, 0.3) is 10.8 Å². The first-order chi connectivity index (χ1) is 16.0. The fraction of sp³-hybridized carbons (Fsp3) is 0.0741. The van der Waals surface area contributed by atoms with Crippen molar-refractivity contribution in [1.82, 2.24) is 0 Å². The van der Waals surface area contributed by atoms with Gasteiger partial charge < -0.3 is 10.5 Å². The van der Waals surface area contributed by atoms with Gasteiger partial charge in [0.15, 0.2) is 5.75 Å². The predicted octanol–water partition coefficient (Wildman–Crippen LogP) is 6.92. The molecule has 6 heteroatoms. The highest BCUT2D eigenvalue weighted by molar-refractivity contribution is 5.97. The Morgan fingerprint density at radius 3 is 2.42 bits per heavy atom. The Hall–Kier alpha value is -4.50. The molecule has 160 valence electrons. The maximum Gasteiger partial charge on any atom is 0.205 e. The van der Waals surface area contributed by atoms with E-state index < -0.39 is 5.92 Å².